The minimum absolute atomic E-state index is 0.253. The van der Waals surface area contributed by atoms with Crippen LogP contribution in [-0.4, -0.2) is 7.05 Å². The molecule has 0 fully saturated rings. The van der Waals surface area contributed by atoms with E-state index in [1.165, 1.54) is 24.3 Å². The van der Waals surface area contributed by atoms with Crippen LogP contribution in [0.1, 0.15) is 24.1 Å². The Bertz CT molecular complexity index is 580. The number of anilines is 1. The first-order valence-electron chi connectivity index (χ1n) is 6.48. The fourth-order valence-corrected chi connectivity index (χ4v) is 2.19. The van der Waals surface area contributed by atoms with Crippen LogP contribution < -0.4 is 10.6 Å². The lowest BCUT2D eigenvalue weighted by Crippen LogP contribution is -2.20. The second-order valence-electron chi connectivity index (χ2n) is 4.97. The SMILES string of the molecule is CC(N)c1cc(F)ccc1N(C)Cc1ccc(F)cc1. The number of rotatable bonds is 4. The zero-order chi connectivity index (χ0) is 14.7. The van der Waals surface area contributed by atoms with Crippen molar-refractivity contribution < 1.29 is 8.78 Å². The molecular weight excluding hydrogens is 258 g/mol. The summed E-state index contributed by atoms with van der Waals surface area (Å²) in [5.41, 5.74) is 8.51. The number of halogens is 2. The number of benzene rings is 2. The van der Waals surface area contributed by atoms with Gasteiger partial charge < -0.3 is 10.6 Å². The van der Waals surface area contributed by atoms with Gasteiger partial charge in [0.2, 0.25) is 0 Å². The molecule has 2 N–H and O–H groups in total. The molecule has 2 rings (SSSR count). The van der Waals surface area contributed by atoms with Crippen molar-refractivity contribution >= 4 is 5.69 Å². The van der Waals surface area contributed by atoms with E-state index in [0.29, 0.717) is 6.54 Å². The molecule has 0 aliphatic rings. The van der Waals surface area contributed by atoms with Crippen LogP contribution in [0, 0.1) is 11.6 Å². The predicted molar refractivity (Wildman–Crippen MR) is 77.5 cm³/mol. The largest absolute Gasteiger partial charge is 0.370 e. The molecule has 0 radical (unpaired) electrons. The fraction of sp³-hybridized carbons (Fsp3) is 0.250. The summed E-state index contributed by atoms with van der Waals surface area (Å²) >= 11 is 0. The highest BCUT2D eigenvalue weighted by atomic mass is 19.1. The van der Waals surface area contributed by atoms with E-state index in [2.05, 4.69) is 0 Å². The van der Waals surface area contributed by atoms with Crippen LogP contribution >= 0.6 is 0 Å². The molecule has 20 heavy (non-hydrogen) atoms. The first kappa shape index (κ1) is 14.5. The van der Waals surface area contributed by atoms with Crippen molar-refractivity contribution in [2.24, 2.45) is 5.73 Å². The second kappa shape index (κ2) is 6.01. The van der Waals surface area contributed by atoms with Gasteiger partial charge in [0.1, 0.15) is 11.6 Å². The molecule has 0 amide bonds. The Balaban J connectivity index is 2.24. The average molecular weight is 276 g/mol. The third-order valence-corrected chi connectivity index (χ3v) is 3.22. The third-order valence-electron chi connectivity index (χ3n) is 3.22. The summed E-state index contributed by atoms with van der Waals surface area (Å²) < 4.78 is 26.2. The summed E-state index contributed by atoms with van der Waals surface area (Å²) in [5, 5.41) is 0. The second-order valence-corrected chi connectivity index (χ2v) is 4.97. The zero-order valence-corrected chi connectivity index (χ0v) is 11.6. The van der Waals surface area contributed by atoms with E-state index in [1.54, 1.807) is 18.2 Å². The number of nitrogens with two attached hydrogens (primary N) is 1. The maximum atomic E-state index is 13.3. The predicted octanol–water partition coefficient (Wildman–Crippen LogP) is 3.62. The van der Waals surface area contributed by atoms with Gasteiger partial charge in [-0.1, -0.05) is 12.1 Å². The molecule has 2 nitrogen and oxygen atoms in total. The van der Waals surface area contributed by atoms with Crippen LogP contribution in [-0.2, 0) is 6.54 Å². The molecule has 0 spiro atoms. The van der Waals surface area contributed by atoms with Crippen LogP contribution in [0.5, 0.6) is 0 Å². The molecule has 0 saturated heterocycles. The minimum Gasteiger partial charge on any atom is -0.370 e. The monoisotopic (exact) mass is 276 g/mol. The van der Waals surface area contributed by atoms with Gasteiger partial charge >= 0.3 is 0 Å². The third kappa shape index (κ3) is 3.33. The Kier molecular flexibility index (Phi) is 4.35. The molecule has 0 bridgehead atoms. The van der Waals surface area contributed by atoms with E-state index in [0.717, 1.165) is 16.8 Å². The highest BCUT2D eigenvalue weighted by molar-refractivity contribution is 5.54. The Morgan fingerprint density at radius 1 is 1.05 bits per heavy atom. The van der Waals surface area contributed by atoms with E-state index < -0.39 is 0 Å². The summed E-state index contributed by atoms with van der Waals surface area (Å²) in [7, 11) is 1.91. The van der Waals surface area contributed by atoms with E-state index in [4.69, 9.17) is 5.73 Å². The van der Waals surface area contributed by atoms with Crippen LogP contribution in [0.3, 0.4) is 0 Å². The molecule has 2 aromatic rings. The van der Waals surface area contributed by atoms with Crippen LogP contribution in [0.4, 0.5) is 14.5 Å². The fourth-order valence-electron chi connectivity index (χ4n) is 2.19. The summed E-state index contributed by atoms with van der Waals surface area (Å²) in [6.45, 7) is 2.43. The van der Waals surface area contributed by atoms with Gasteiger partial charge in [0.15, 0.2) is 0 Å². The summed E-state index contributed by atoms with van der Waals surface area (Å²) in [4.78, 5) is 1.98. The summed E-state index contributed by atoms with van der Waals surface area (Å²) in [6.07, 6.45) is 0. The van der Waals surface area contributed by atoms with Crippen molar-refractivity contribution in [2.75, 3.05) is 11.9 Å². The van der Waals surface area contributed by atoms with E-state index in [1.807, 2.05) is 18.9 Å². The van der Waals surface area contributed by atoms with Crippen molar-refractivity contribution in [1.82, 2.24) is 0 Å². The minimum atomic E-state index is -0.295. The van der Waals surface area contributed by atoms with Crippen molar-refractivity contribution in [1.29, 1.82) is 0 Å². The molecule has 0 aliphatic carbocycles. The summed E-state index contributed by atoms with van der Waals surface area (Å²) in [5.74, 6) is -0.550. The molecule has 0 aromatic heterocycles. The lowest BCUT2D eigenvalue weighted by atomic mass is 10.1. The summed E-state index contributed by atoms with van der Waals surface area (Å²) in [6, 6.07) is 10.7. The van der Waals surface area contributed by atoms with Crippen molar-refractivity contribution in [3.63, 3.8) is 0 Å². The van der Waals surface area contributed by atoms with Crippen LogP contribution in [0.25, 0.3) is 0 Å². The molecule has 2 aromatic carbocycles. The van der Waals surface area contributed by atoms with Gasteiger partial charge in [-0.3, -0.25) is 0 Å². The molecule has 0 aliphatic heterocycles. The molecule has 1 atom stereocenters. The van der Waals surface area contributed by atoms with E-state index in [9.17, 15) is 8.78 Å². The van der Waals surface area contributed by atoms with Gasteiger partial charge in [0.05, 0.1) is 0 Å². The Morgan fingerprint density at radius 3 is 2.25 bits per heavy atom. The van der Waals surface area contributed by atoms with Gasteiger partial charge in [0, 0.05) is 25.3 Å². The molecule has 0 saturated carbocycles. The molecular formula is C16H18F2N2. The van der Waals surface area contributed by atoms with Gasteiger partial charge in [-0.25, -0.2) is 8.78 Å². The standard InChI is InChI=1S/C16H18F2N2/c1-11(19)15-9-14(18)7-8-16(15)20(2)10-12-3-5-13(17)6-4-12/h3-9,11H,10,19H2,1-2H3. The first-order valence-corrected chi connectivity index (χ1v) is 6.48. The smallest absolute Gasteiger partial charge is 0.123 e. The van der Waals surface area contributed by atoms with Gasteiger partial charge in [-0.15, -0.1) is 0 Å². The van der Waals surface area contributed by atoms with Gasteiger partial charge in [0.25, 0.3) is 0 Å². The Labute approximate surface area is 117 Å². The number of hydrogen-bond donors (Lipinski definition) is 1. The lowest BCUT2D eigenvalue weighted by molar-refractivity contribution is 0.621. The van der Waals surface area contributed by atoms with Crippen LogP contribution in [0.2, 0.25) is 0 Å². The molecule has 1 unspecified atom stereocenters. The lowest BCUT2D eigenvalue weighted by Gasteiger charge is -2.24. The highest BCUT2D eigenvalue weighted by Gasteiger charge is 2.12. The zero-order valence-electron chi connectivity index (χ0n) is 11.6. The maximum Gasteiger partial charge on any atom is 0.123 e. The van der Waals surface area contributed by atoms with Crippen molar-refractivity contribution in [3.05, 3.63) is 65.2 Å². The van der Waals surface area contributed by atoms with Crippen LogP contribution in [0.15, 0.2) is 42.5 Å². The Hall–Kier alpha value is -1.94. The Morgan fingerprint density at radius 2 is 1.65 bits per heavy atom. The first-order chi connectivity index (χ1) is 9.47. The quantitative estimate of drug-likeness (QED) is 0.924. The van der Waals surface area contributed by atoms with E-state index >= 15 is 0 Å². The topological polar surface area (TPSA) is 29.3 Å². The van der Waals surface area contributed by atoms with Crippen molar-refractivity contribution in [2.45, 2.75) is 19.5 Å². The molecule has 4 heteroatoms. The molecule has 106 valence electrons. The van der Waals surface area contributed by atoms with Gasteiger partial charge in [-0.05, 0) is 48.4 Å². The number of hydrogen-bond acceptors (Lipinski definition) is 2. The van der Waals surface area contributed by atoms with E-state index in [-0.39, 0.29) is 17.7 Å². The molecule has 0 heterocycles. The highest BCUT2D eigenvalue weighted by Crippen LogP contribution is 2.26. The average Bonchev–Trinajstić information content (AvgIpc) is 2.41. The maximum absolute atomic E-state index is 13.3. The number of nitrogens with zero attached hydrogens (tertiary/aromatic N) is 1. The van der Waals surface area contributed by atoms with Crippen molar-refractivity contribution in [3.8, 4) is 0 Å². The normalized spacial score (nSPS) is 12.2. The van der Waals surface area contributed by atoms with Gasteiger partial charge in [-0.2, -0.15) is 0 Å².